The number of pyridine rings is 1. The molecule has 0 atom stereocenters. The van der Waals surface area contributed by atoms with Gasteiger partial charge in [0.25, 0.3) is 0 Å². The lowest BCUT2D eigenvalue weighted by atomic mass is 9.84. The molecule has 0 bridgehead atoms. The van der Waals surface area contributed by atoms with Gasteiger partial charge in [-0.2, -0.15) is 0 Å². The second kappa shape index (κ2) is 6.37. The van der Waals surface area contributed by atoms with E-state index >= 15 is 0 Å². The zero-order valence-electron chi connectivity index (χ0n) is 17.8. The minimum Gasteiger partial charge on any atom is -0.451 e. The fourth-order valence-electron chi connectivity index (χ4n) is 3.92. The van der Waals surface area contributed by atoms with Crippen molar-refractivity contribution in [3.63, 3.8) is 0 Å². The molecule has 1 aliphatic heterocycles. The zero-order chi connectivity index (χ0) is 20.2. The smallest absolute Gasteiger partial charge is 0.181 e. The molecule has 2 aromatic carbocycles. The standard InChI is InChI=1S/C25H28N2O/c1-15-11-21-24(26-14-15)27(20-10-8-9-16(2)23(20)28-21)22-17(3)12-19(13-18(22)4)25(5,6)7/h8-14H,1-7H3. The third kappa shape index (κ3) is 2.95. The van der Waals surface area contributed by atoms with Crippen LogP contribution in [0.2, 0.25) is 0 Å². The molecule has 0 aliphatic carbocycles. The summed E-state index contributed by atoms with van der Waals surface area (Å²) >= 11 is 0. The monoisotopic (exact) mass is 372 g/mol. The zero-order valence-corrected chi connectivity index (χ0v) is 17.8. The van der Waals surface area contributed by atoms with Crippen LogP contribution >= 0.6 is 0 Å². The maximum absolute atomic E-state index is 6.29. The first-order valence-corrected chi connectivity index (χ1v) is 9.83. The van der Waals surface area contributed by atoms with Crippen molar-refractivity contribution in [1.82, 2.24) is 4.98 Å². The van der Waals surface area contributed by atoms with Gasteiger partial charge in [-0.3, -0.25) is 4.90 Å². The Morgan fingerprint density at radius 3 is 2.21 bits per heavy atom. The van der Waals surface area contributed by atoms with Crippen molar-refractivity contribution in [2.75, 3.05) is 4.90 Å². The number of hydrogen-bond acceptors (Lipinski definition) is 3. The van der Waals surface area contributed by atoms with Crippen LogP contribution in [0, 0.1) is 27.7 Å². The molecule has 0 amide bonds. The maximum Gasteiger partial charge on any atom is 0.181 e. The third-order valence-electron chi connectivity index (χ3n) is 5.41. The van der Waals surface area contributed by atoms with Gasteiger partial charge < -0.3 is 4.74 Å². The van der Waals surface area contributed by atoms with Gasteiger partial charge in [0.15, 0.2) is 17.3 Å². The van der Waals surface area contributed by atoms with Crippen LogP contribution in [0.5, 0.6) is 11.5 Å². The molecule has 0 spiro atoms. The van der Waals surface area contributed by atoms with E-state index in [1.165, 1.54) is 22.4 Å². The SMILES string of the molecule is Cc1cnc2c(c1)Oc1c(C)cccc1N2c1c(C)cc(C(C)(C)C)cc1C. The van der Waals surface area contributed by atoms with Crippen molar-refractivity contribution < 1.29 is 4.74 Å². The molecule has 3 nitrogen and oxygen atoms in total. The van der Waals surface area contributed by atoms with Crippen LogP contribution < -0.4 is 9.64 Å². The van der Waals surface area contributed by atoms with Gasteiger partial charge in [-0.05, 0) is 73.1 Å². The van der Waals surface area contributed by atoms with Gasteiger partial charge in [0, 0.05) is 6.20 Å². The molecule has 28 heavy (non-hydrogen) atoms. The molecule has 0 saturated carbocycles. The van der Waals surface area contributed by atoms with Crippen LogP contribution in [0.1, 0.15) is 48.6 Å². The first kappa shape index (κ1) is 18.5. The van der Waals surface area contributed by atoms with Gasteiger partial charge in [-0.15, -0.1) is 0 Å². The summed E-state index contributed by atoms with van der Waals surface area (Å²) in [5, 5.41) is 0. The van der Waals surface area contributed by atoms with Crippen LogP contribution in [-0.4, -0.2) is 4.98 Å². The molecular weight excluding hydrogens is 344 g/mol. The number of para-hydroxylation sites is 1. The van der Waals surface area contributed by atoms with Gasteiger partial charge in [-0.25, -0.2) is 4.98 Å². The lowest BCUT2D eigenvalue weighted by molar-refractivity contribution is 0.470. The fourth-order valence-corrected chi connectivity index (χ4v) is 3.92. The molecule has 3 aromatic rings. The van der Waals surface area contributed by atoms with E-state index in [9.17, 15) is 0 Å². The topological polar surface area (TPSA) is 25.4 Å². The predicted octanol–water partition coefficient (Wildman–Crippen LogP) is 7.19. The molecule has 0 unspecified atom stereocenters. The summed E-state index contributed by atoms with van der Waals surface area (Å²) in [5.41, 5.74) is 8.38. The van der Waals surface area contributed by atoms with Gasteiger partial charge in [0.1, 0.15) is 0 Å². The number of fused-ring (bicyclic) bond motifs is 2. The number of aromatic nitrogens is 1. The van der Waals surface area contributed by atoms with Gasteiger partial charge >= 0.3 is 0 Å². The quantitative estimate of drug-likeness (QED) is 0.353. The molecular formula is C25H28N2O. The minimum atomic E-state index is 0.112. The Labute approximate surface area is 168 Å². The molecule has 0 radical (unpaired) electrons. The largest absolute Gasteiger partial charge is 0.451 e. The van der Waals surface area contributed by atoms with E-state index in [2.05, 4.69) is 82.8 Å². The summed E-state index contributed by atoms with van der Waals surface area (Å²) in [6.07, 6.45) is 1.91. The molecule has 4 rings (SSSR count). The van der Waals surface area contributed by atoms with E-state index in [1.54, 1.807) is 0 Å². The van der Waals surface area contributed by atoms with Crippen molar-refractivity contribution in [2.24, 2.45) is 0 Å². The van der Waals surface area contributed by atoms with Crippen molar-refractivity contribution in [3.8, 4) is 11.5 Å². The Balaban J connectivity index is 2.00. The highest BCUT2D eigenvalue weighted by molar-refractivity contribution is 5.87. The van der Waals surface area contributed by atoms with Crippen LogP contribution in [0.15, 0.2) is 42.6 Å². The van der Waals surface area contributed by atoms with Crippen LogP contribution in [0.3, 0.4) is 0 Å². The van der Waals surface area contributed by atoms with Crippen LogP contribution in [0.4, 0.5) is 17.2 Å². The first-order chi connectivity index (χ1) is 13.2. The Bertz CT molecular complexity index is 1050. The average molecular weight is 373 g/mol. The van der Waals surface area contributed by atoms with Crippen LogP contribution in [0.25, 0.3) is 0 Å². The van der Waals surface area contributed by atoms with E-state index in [1.807, 2.05) is 13.1 Å². The number of aryl methyl sites for hydroxylation is 4. The minimum absolute atomic E-state index is 0.112. The number of hydrogen-bond donors (Lipinski definition) is 0. The van der Waals surface area contributed by atoms with Crippen molar-refractivity contribution in [2.45, 2.75) is 53.9 Å². The fraction of sp³-hybridized carbons (Fsp3) is 0.320. The molecule has 0 saturated heterocycles. The third-order valence-corrected chi connectivity index (χ3v) is 5.41. The van der Waals surface area contributed by atoms with E-state index in [4.69, 9.17) is 9.72 Å². The average Bonchev–Trinajstić information content (AvgIpc) is 2.60. The number of ether oxygens (including phenoxy) is 1. The highest BCUT2D eigenvalue weighted by Gasteiger charge is 2.30. The summed E-state index contributed by atoms with van der Waals surface area (Å²) in [6.45, 7) is 15.3. The summed E-state index contributed by atoms with van der Waals surface area (Å²) < 4.78 is 6.29. The Hall–Kier alpha value is -2.81. The number of rotatable bonds is 1. The van der Waals surface area contributed by atoms with E-state index < -0.39 is 0 Å². The van der Waals surface area contributed by atoms with Gasteiger partial charge in [0.05, 0.1) is 11.4 Å². The molecule has 1 aliphatic rings. The van der Waals surface area contributed by atoms with E-state index in [0.29, 0.717) is 0 Å². The van der Waals surface area contributed by atoms with Gasteiger partial charge in [-0.1, -0.05) is 45.0 Å². The lowest BCUT2D eigenvalue weighted by Gasteiger charge is -2.35. The van der Waals surface area contributed by atoms with Crippen LogP contribution in [-0.2, 0) is 5.41 Å². The van der Waals surface area contributed by atoms with Crippen molar-refractivity contribution in [1.29, 1.82) is 0 Å². The van der Waals surface area contributed by atoms with E-state index in [-0.39, 0.29) is 5.41 Å². The Kier molecular flexibility index (Phi) is 4.22. The molecule has 0 N–H and O–H groups in total. The highest BCUT2D eigenvalue weighted by atomic mass is 16.5. The maximum atomic E-state index is 6.29. The molecule has 3 heteroatoms. The second-order valence-corrected chi connectivity index (χ2v) is 8.90. The predicted molar refractivity (Wildman–Crippen MR) is 117 cm³/mol. The van der Waals surface area contributed by atoms with Crippen molar-refractivity contribution >= 4 is 17.2 Å². The summed E-state index contributed by atoms with van der Waals surface area (Å²) in [5.74, 6) is 2.56. The summed E-state index contributed by atoms with van der Waals surface area (Å²) in [6, 6.07) is 13.0. The summed E-state index contributed by atoms with van der Waals surface area (Å²) in [4.78, 5) is 7.02. The second-order valence-electron chi connectivity index (χ2n) is 8.90. The molecule has 1 aromatic heterocycles. The van der Waals surface area contributed by atoms with Crippen molar-refractivity contribution in [3.05, 3.63) is 70.4 Å². The number of benzene rings is 2. The van der Waals surface area contributed by atoms with E-state index in [0.717, 1.165) is 34.1 Å². The number of nitrogens with zero attached hydrogens (tertiary/aromatic N) is 2. The Morgan fingerprint density at radius 1 is 0.893 bits per heavy atom. The molecule has 144 valence electrons. The highest BCUT2D eigenvalue weighted by Crippen LogP contribution is 2.52. The van der Waals surface area contributed by atoms with Gasteiger partial charge in [0.2, 0.25) is 0 Å². The normalized spacial score (nSPS) is 13.0. The molecule has 0 fully saturated rings. The Morgan fingerprint density at radius 2 is 1.57 bits per heavy atom. The molecule has 2 heterocycles. The number of anilines is 3. The summed E-state index contributed by atoms with van der Waals surface area (Å²) in [7, 11) is 0. The lowest BCUT2D eigenvalue weighted by Crippen LogP contribution is -2.20. The first-order valence-electron chi connectivity index (χ1n) is 9.83.